The molecule has 0 amide bonds. The molecule has 1 aromatic heterocycles. The van der Waals surface area contributed by atoms with E-state index >= 15 is 0 Å². The van der Waals surface area contributed by atoms with Crippen LogP contribution in [-0.2, 0) is 6.54 Å². The van der Waals surface area contributed by atoms with Crippen molar-refractivity contribution in [3.63, 3.8) is 0 Å². The molecule has 3 rings (SSSR count). The van der Waals surface area contributed by atoms with Gasteiger partial charge in [-0.2, -0.15) is 5.10 Å². The van der Waals surface area contributed by atoms with E-state index in [2.05, 4.69) is 30.5 Å². The molecular weight excluding hydrogens is 274 g/mol. The van der Waals surface area contributed by atoms with Gasteiger partial charge in [0.15, 0.2) is 5.75 Å². The average molecular weight is 295 g/mol. The van der Waals surface area contributed by atoms with E-state index in [1.54, 1.807) is 0 Å². The van der Waals surface area contributed by atoms with E-state index in [-0.39, 0.29) is 0 Å². The van der Waals surface area contributed by atoms with Crippen molar-refractivity contribution in [2.45, 2.75) is 27.3 Å². The van der Waals surface area contributed by atoms with E-state index in [4.69, 9.17) is 4.84 Å². The number of aryl methyl sites for hydroxylation is 1. The SMILES string of the molecule is Cc1ccccc1NOc1ccc2c(cnn2CC(C)C)c1. The molecule has 0 bridgehead atoms. The fourth-order valence-electron chi connectivity index (χ4n) is 2.42. The minimum atomic E-state index is 0.571. The molecule has 3 aromatic rings. The summed E-state index contributed by atoms with van der Waals surface area (Å²) in [6.45, 7) is 7.35. The van der Waals surface area contributed by atoms with Crippen LogP contribution in [0.25, 0.3) is 10.9 Å². The topological polar surface area (TPSA) is 39.1 Å². The van der Waals surface area contributed by atoms with Gasteiger partial charge >= 0.3 is 0 Å². The molecule has 0 aliphatic rings. The molecule has 0 radical (unpaired) electrons. The Morgan fingerprint density at radius 1 is 1.18 bits per heavy atom. The normalized spacial score (nSPS) is 11.1. The lowest BCUT2D eigenvalue weighted by Crippen LogP contribution is -2.06. The summed E-state index contributed by atoms with van der Waals surface area (Å²) in [6, 6.07) is 14.1. The number of benzene rings is 2. The van der Waals surface area contributed by atoms with Crippen molar-refractivity contribution < 1.29 is 4.84 Å². The molecule has 4 heteroatoms. The third kappa shape index (κ3) is 3.06. The second-order valence-corrected chi connectivity index (χ2v) is 5.96. The molecule has 0 unspecified atom stereocenters. The number of para-hydroxylation sites is 1. The average Bonchev–Trinajstić information content (AvgIpc) is 2.88. The zero-order valence-electron chi connectivity index (χ0n) is 13.2. The second-order valence-electron chi connectivity index (χ2n) is 5.96. The summed E-state index contributed by atoms with van der Waals surface area (Å²) in [6.07, 6.45) is 1.89. The third-order valence-electron chi connectivity index (χ3n) is 3.58. The van der Waals surface area contributed by atoms with E-state index in [1.165, 1.54) is 0 Å². The standard InChI is InChI=1S/C18H21N3O/c1-13(2)12-21-18-9-8-16(10-15(18)11-19-21)22-20-17-7-5-4-6-14(17)3/h4-11,13,20H,12H2,1-3H3. The fraction of sp³-hybridized carbons (Fsp3) is 0.278. The van der Waals surface area contributed by atoms with Crippen LogP contribution in [0.1, 0.15) is 19.4 Å². The molecule has 1 N–H and O–H groups in total. The first-order valence-corrected chi connectivity index (χ1v) is 7.57. The van der Waals surface area contributed by atoms with Crippen LogP contribution in [0.4, 0.5) is 5.69 Å². The van der Waals surface area contributed by atoms with Gasteiger partial charge in [-0.25, -0.2) is 5.48 Å². The van der Waals surface area contributed by atoms with E-state index < -0.39 is 0 Å². The molecule has 22 heavy (non-hydrogen) atoms. The number of rotatable bonds is 5. The maximum absolute atomic E-state index is 5.68. The summed E-state index contributed by atoms with van der Waals surface area (Å²) < 4.78 is 2.04. The zero-order chi connectivity index (χ0) is 15.5. The summed E-state index contributed by atoms with van der Waals surface area (Å²) in [5.41, 5.74) is 6.26. The van der Waals surface area contributed by atoms with Crippen LogP contribution in [-0.4, -0.2) is 9.78 Å². The Balaban J connectivity index is 1.77. The molecular formula is C18H21N3O. The van der Waals surface area contributed by atoms with Crippen molar-refractivity contribution in [1.29, 1.82) is 0 Å². The van der Waals surface area contributed by atoms with Gasteiger partial charge < -0.3 is 4.84 Å². The molecule has 1 heterocycles. The number of hydrogen-bond acceptors (Lipinski definition) is 3. The molecule has 0 fully saturated rings. The van der Waals surface area contributed by atoms with Crippen molar-refractivity contribution in [2.75, 3.05) is 5.48 Å². The second kappa shape index (κ2) is 6.10. The summed E-state index contributed by atoms with van der Waals surface area (Å²) in [5, 5.41) is 5.54. The number of hydrogen-bond donors (Lipinski definition) is 1. The Labute approximate surface area is 130 Å². The quantitative estimate of drug-likeness (QED) is 0.709. The largest absolute Gasteiger partial charge is 0.382 e. The third-order valence-corrected chi connectivity index (χ3v) is 3.58. The molecule has 0 saturated heterocycles. The summed E-state index contributed by atoms with van der Waals surface area (Å²) in [7, 11) is 0. The first-order valence-electron chi connectivity index (χ1n) is 7.57. The van der Waals surface area contributed by atoms with E-state index in [9.17, 15) is 0 Å². The number of fused-ring (bicyclic) bond motifs is 1. The maximum Gasteiger partial charge on any atom is 0.155 e. The van der Waals surface area contributed by atoms with Gasteiger partial charge in [-0.3, -0.25) is 4.68 Å². The molecule has 0 aliphatic heterocycles. The van der Waals surface area contributed by atoms with Crippen molar-refractivity contribution >= 4 is 16.6 Å². The first kappa shape index (κ1) is 14.4. The molecule has 114 valence electrons. The monoisotopic (exact) mass is 295 g/mol. The Morgan fingerprint density at radius 3 is 2.77 bits per heavy atom. The lowest BCUT2D eigenvalue weighted by molar-refractivity contribution is 0.405. The molecule has 0 atom stereocenters. The first-order chi connectivity index (χ1) is 10.6. The number of nitrogens with one attached hydrogen (secondary N) is 1. The Morgan fingerprint density at radius 2 is 2.00 bits per heavy atom. The van der Waals surface area contributed by atoms with E-state index in [0.717, 1.165) is 34.4 Å². The van der Waals surface area contributed by atoms with E-state index in [0.29, 0.717) is 5.92 Å². The fourth-order valence-corrected chi connectivity index (χ4v) is 2.42. The molecule has 4 nitrogen and oxygen atoms in total. The molecule has 2 aromatic carbocycles. The summed E-state index contributed by atoms with van der Waals surface area (Å²) >= 11 is 0. The van der Waals surface area contributed by atoms with Crippen LogP contribution in [0.5, 0.6) is 5.75 Å². The Bertz CT molecular complexity index is 777. The van der Waals surface area contributed by atoms with Gasteiger partial charge in [-0.15, -0.1) is 0 Å². The van der Waals surface area contributed by atoms with Gasteiger partial charge in [0, 0.05) is 11.9 Å². The predicted octanol–water partition coefficient (Wildman–Crippen LogP) is 4.41. The Hall–Kier alpha value is -2.49. The van der Waals surface area contributed by atoms with Crippen molar-refractivity contribution in [3.8, 4) is 5.75 Å². The lowest BCUT2D eigenvalue weighted by atomic mass is 10.2. The maximum atomic E-state index is 5.68. The highest BCUT2D eigenvalue weighted by atomic mass is 16.6. The van der Waals surface area contributed by atoms with E-state index in [1.807, 2.05) is 54.2 Å². The van der Waals surface area contributed by atoms with Gasteiger partial charge in [0.05, 0.1) is 17.4 Å². The van der Waals surface area contributed by atoms with Gasteiger partial charge in [0.1, 0.15) is 0 Å². The zero-order valence-corrected chi connectivity index (χ0v) is 13.2. The van der Waals surface area contributed by atoms with Crippen molar-refractivity contribution in [1.82, 2.24) is 9.78 Å². The van der Waals surface area contributed by atoms with Crippen LogP contribution < -0.4 is 10.3 Å². The minimum absolute atomic E-state index is 0.571. The molecule has 0 aliphatic carbocycles. The lowest BCUT2D eigenvalue weighted by Gasteiger charge is -2.11. The van der Waals surface area contributed by atoms with Gasteiger partial charge in [-0.05, 0) is 42.7 Å². The Kier molecular flexibility index (Phi) is 4.00. The highest BCUT2D eigenvalue weighted by molar-refractivity contribution is 5.80. The van der Waals surface area contributed by atoms with Gasteiger partial charge in [0.2, 0.25) is 0 Å². The number of nitrogens with zero attached hydrogens (tertiary/aromatic N) is 2. The highest BCUT2D eigenvalue weighted by Gasteiger charge is 2.06. The van der Waals surface area contributed by atoms with Crippen LogP contribution >= 0.6 is 0 Å². The van der Waals surface area contributed by atoms with Gasteiger partial charge in [0.25, 0.3) is 0 Å². The van der Waals surface area contributed by atoms with Gasteiger partial charge in [-0.1, -0.05) is 32.0 Å². The predicted molar refractivity (Wildman–Crippen MR) is 90.0 cm³/mol. The minimum Gasteiger partial charge on any atom is -0.382 e. The van der Waals surface area contributed by atoms with Crippen LogP contribution in [0.3, 0.4) is 0 Å². The number of anilines is 1. The van der Waals surface area contributed by atoms with Crippen molar-refractivity contribution in [2.24, 2.45) is 5.92 Å². The van der Waals surface area contributed by atoms with Crippen LogP contribution in [0.2, 0.25) is 0 Å². The van der Waals surface area contributed by atoms with Crippen LogP contribution in [0.15, 0.2) is 48.7 Å². The van der Waals surface area contributed by atoms with Crippen molar-refractivity contribution in [3.05, 3.63) is 54.2 Å². The summed E-state index contributed by atoms with van der Waals surface area (Å²) in [5.74, 6) is 1.35. The van der Waals surface area contributed by atoms with Crippen LogP contribution in [0, 0.1) is 12.8 Å². The molecule has 0 saturated carbocycles. The molecule has 0 spiro atoms. The number of aromatic nitrogens is 2. The summed E-state index contributed by atoms with van der Waals surface area (Å²) in [4.78, 5) is 5.68. The smallest absolute Gasteiger partial charge is 0.155 e. The highest BCUT2D eigenvalue weighted by Crippen LogP contribution is 2.22.